The number of likely N-dealkylation sites (tertiary alicyclic amines) is 1. The van der Waals surface area contributed by atoms with Gasteiger partial charge in [-0.25, -0.2) is 0 Å². The Morgan fingerprint density at radius 3 is 2.31 bits per heavy atom. The monoisotopic (exact) mass is 228 g/mol. The van der Waals surface area contributed by atoms with Crippen molar-refractivity contribution in [2.45, 2.75) is 33.6 Å². The minimum Gasteiger partial charge on any atom is -0.379 e. The molecule has 0 radical (unpaired) electrons. The second-order valence-corrected chi connectivity index (χ2v) is 5.88. The van der Waals surface area contributed by atoms with E-state index in [1.54, 1.807) is 0 Å². The molecule has 0 aromatic carbocycles. The standard InChI is InChI=1S/C13H28N2O/c1-13(2,3)12-4-7-15(8-5-12)9-11-16-10-6-14/h12H,4-11,14H2,1-3H3. The summed E-state index contributed by atoms with van der Waals surface area (Å²) in [5.41, 5.74) is 5.85. The van der Waals surface area contributed by atoms with Crippen molar-refractivity contribution in [1.29, 1.82) is 0 Å². The summed E-state index contributed by atoms with van der Waals surface area (Å²) in [6.45, 7) is 12.8. The minimum absolute atomic E-state index is 0.474. The van der Waals surface area contributed by atoms with E-state index in [-0.39, 0.29) is 0 Å². The summed E-state index contributed by atoms with van der Waals surface area (Å²) in [5, 5.41) is 0. The van der Waals surface area contributed by atoms with Crippen LogP contribution in [0.2, 0.25) is 0 Å². The molecule has 0 saturated carbocycles. The number of hydrogen-bond donors (Lipinski definition) is 1. The van der Waals surface area contributed by atoms with Gasteiger partial charge in [-0.05, 0) is 37.3 Å². The van der Waals surface area contributed by atoms with E-state index in [1.807, 2.05) is 0 Å². The van der Waals surface area contributed by atoms with Crippen molar-refractivity contribution < 1.29 is 4.74 Å². The quantitative estimate of drug-likeness (QED) is 0.728. The molecular weight excluding hydrogens is 200 g/mol. The Labute approximate surface area is 100 Å². The Hall–Kier alpha value is -0.120. The number of nitrogens with zero attached hydrogens (tertiary/aromatic N) is 1. The van der Waals surface area contributed by atoms with Gasteiger partial charge in [-0.3, -0.25) is 0 Å². The first kappa shape index (κ1) is 13.9. The molecule has 96 valence electrons. The summed E-state index contributed by atoms with van der Waals surface area (Å²) >= 11 is 0. The summed E-state index contributed by atoms with van der Waals surface area (Å²) in [6, 6.07) is 0. The topological polar surface area (TPSA) is 38.5 Å². The molecule has 0 unspecified atom stereocenters. The number of rotatable bonds is 5. The molecule has 0 aliphatic carbocycles. The lowest BCUT2D eigenvalue weighted by atomic mass is 9.75. The van der Waals surface area contributed by atoms with E-state index in [4.69, 9.17) is 10.5 Å². The SMILES string of the molecule is CC(C)(C)C1CCN(CCOCCN)CC1. The smallest absolute Gasteiger partial charge is 0.0594 e. The molecule has 1 aliphatic heterocycles. The highest BCUT2D eigenvalue weighted by Crippen LogP contribution is 2.33. The molecular formula is C13H28N2O. The van der Waals surface area contributed by atoms with Gasteiger partial charge in [-0.1, -0.05) is 20.8 Å². The van der Waals surface area contributed by atoms with Crippen LogP contribution in [-0.2, 0) is 4.74 Å². The van der Waals surface area contributed by atoms with Crippen LogP contribution in [0.3, 0.4) is 0 Å². The molecule has 1 heterocycles. The van der Waals surface area contributed by atoms with Gasteiger partial charge in [-0.2, -0.15) is 0 Å². The summed E-state index contributed by atoms with van der Waals surface area (Å²) in [5.74, 6) is 0.883. The van der Waals surface area contributed by atoms with Gasteiger partial charge >= 0.3 is 0 Å². The highest BCUT2D eigenvalue weighted by molar-refractivity contribution is 4.80. The fourth-order valence-corrected chi connectivity index (χ4v) is 2.40. The summed E-state index contributed by atoms with van der Waals surface area (Å²) in [6.07, 6.45) is 2.67. The second kappa shape index (κ2) is 6.58. The average Bonchev–Trinajstić information content (AvgIpc) is 2.24. The highest BCUT2D eigenvalue weighted by atomic mass is 16.5. The Morgan fingerprint density at radius 1 is 1.19 bits per heavy atom. The van der Waals surface area contributed by atoms with Crippen LogP contribution < -0.4 is 5.73 Å². The Bertz CT molecular complexity index is 181. The zero-order chi connectivity index (χ0) is 12.0. The predicted octanol–water partition coefficient (Wildman–Crippen LogP) is 1.72. The van der Waals surface area contributed by atoms with E-state index in [0.29, 0.717) is 18.6 Å². The molecule has 2 N–H and O–H groups in total. The van der Waals surface area contributed by atoms with E-state index in [2.05, 4.69) is 25.7 Å². The van der Waals surface area contributed by atoms with E-state index in [0.717, 1.165) is 19.1 Å². The molecule has 1 fully saturated rings. The lowest BCUT2D eigenvalue weighted by Crippen LogP contribution is -2.39. The highest BCUT2D eigenvalue weighted by Gasteiger charge is 2.28. The van der Waals surface area contributed by atoms with Gasteiger partial charge in [0.2, 0.25) is 0 Å². The Balaban J connectivity index is 2.12. The molecule has 16 heavy (non-hydrogen) atoms. The van der Waals surface area contributed by atoms with E-state index >= 15 is 0 Å². The molecule has 1 rings (SSSR count). The first-order chi connectivity index (χ1) is 7.54. The number of ether oxygens (including phenoxy) is 1. The van der Waals surface area contributed by atoms with E-state index < -0.39 is 0 Å². The van der Waals surface area contributed by atoms with Crippen molar-refractivity contribution in [3.63, 3.8) is 0 Å². The van der Waals surface area contributed by atoms with Crippen LogP contribution in [0.15, 0.2) is 0 Å². The van der Waals surface area contributed by atoms with Crippen LogP contribution in [0.4, 0.5) is 0 Å². The summed E-state index contributed by atoms with van der Waals surface area (Å²) in [7, 11) is 0. The largest absolute Gasteiger partial charge is 0.379 e. The Morgan fingerprint density at radius 2 is 1.81 bits per heavy atom. The normalized spacial score (nSPS) is 20.2. The summed E-state index contributed by atoms with van der Waals surface area (Å²) < 4.78 is 5.41. The predicted molar refractivity (Wildman–Crippen MR) is 68.5 cm³/mol. The van der Waals surface area contributed by atoms with Gasteiger partial charge in [0, 0.05) is 13.1 Å². The molecule has 0 atom stereocenters. The minimum atomic E-state index is 0.474. The van der Waals surface area contributed by atoms with Gasteiger partial charge < -0.3 is 15.4 Å². The molecule has 0 spiro atoms. The van der Waals surface area contributed by atoms with Crippen LogP contribution in [0.25, 0.3) is 0 Å². The third-order valence-electron chi connectivity index (χ3n) is 3.63. The lowest BCUT2D eigenvalue weighted by molar-refractivity contribution is 0.0718. The zero-order valence-electron chi connectivity index (χ0n) is 11.2. The first-order valence-electron chi connectivity index (χ1n) is 6.54. The van der Waals surface area contributed by atoms with Crippen molar-refractivity contribution in [2.75, 3.05) is 39.4 Å². The fourth-order valence-electron chi connectivity index (χ4n) is 2.40. The number of hydrogen-bond acceptors (Lipinski definition) is 3. The average molecular weight is 228 g/mol. The van der Waals surface area contributed by atoms with E-state index in [9.17, 15) is 0 Å². The van der Waals surface area contributed by atoms with Gasteiger partial charge in [-0.15, -0.1) is 0 Å². The van der Waals surface area contributed by atoms with Gasteiger partial charge in [0.1, 0.15) is 0 Å². The van der Waals surface area contributed by atoms with Crippen LogP contribution in [0.1, 0.15) is 33.6 Å². The molecule has 3 nitrogen and oxygen atoms in total. The fraction of sp³-hybridized carbons (Fsp3) is 1.00. The van der Waals surface area contributed by atoms with Gasteiger partial charge in [0.25, 0.3) is 0 Å². The first-order valence-corrected chi connectivity index (χ1v) is 6.54. The molecule has 0 aromatic rings. The zero-order valence-corrected chi connectivity index (χ0v) is 11.2. The lowest BCUT2D eigenvalue weighted by Gasteiger charge is -2.38. The maximum Gasteiger partial charge on any atom is 0.0594 e. The maximum absolute atomic E-state index is 5.41. The molecule has 0 bridgehead atoms. The molecule has 0 aromatic heterocycles. The van der Waals surface area contributed by atoms with Crippen LogP contribution in [-0.4, -0.2) is 44.3 Å². The molecule has 0 amide bonds. The van der Waals surface area contributed by atoms with Gasteiger partial charge in [0.15, 0.2) is 0 Å². The maximum atomic E-state index is 5.41. The van der Waals surface area contributed by atoms with Crippen molar-refractivity contribution in [3.05, 3.63) is 0 Å². The number of piperidine rings is 1. The van der Waals surface area contributed by atoms with Crippen LogP contribution in [0.5, 0.6) is 0 Å². The van der Waals surface area contributed by atoms with Gasteiger partial charge in [0.05, 0.1) is 13.2 Å². The van der Waals surface area contributed by atoms with Crippen molar-refractivity contribution in [2.24, 2.45) is 17.1 Å². The third-order valence-corrected chi connectivity index (χ3v) is 3.63. The number of nitrogens with two attached hydrogens (primary N) is 1. The summed E-state index contributed by atoms with van der Waals surface area (Å²) in [4.78, 5) is 2.51. The van der Waals surface area contributed by atoms with Crippen LogP contribution in [0, 0.1) is 11.3 Å². The Kier molecular flexibility index (Phi) is 5.73. The van der Waals surface area contributed by atoms with Crippen molar-refractivity contribution in [1.82, 2.24) is 4.90 Å². The molecule has 1 aliphatic rings. The third kappa shape index (κ3) is 4.81. The van der Waals surface area contributed by atoms with Crippen LogP contribution >= 0.6 is 0 Å². The van der Waals surface area contributed by atoms with Crippen molar-refractivity contribution in [3.8, 4) is 0 Å². The second-order valence-electron chi connectivity index (χ2n) is 5.88. The van der Waals surface area contributed by atoms with Crippen molar-refractivity contribution >= 4 is 0 Å². The molecule has 3 heteroatoms. The molecule has 1 saturated heterocycles. The van der Waals surface area contributed by atoms with E-state index in [1.165, 1.54) is 25.9 Å².